The molecule has 1 heterocycles. The Balaban J connectivity index is 2.07. The molecule has 0 amide bonds. The van der Waals surface area contributed by atoms with Crippen LogP contribution in [0.25, 0.3) is 0 Å². The molecule has 22 heavy (non-hydrogen) atoms. The van der Waals surface area contributed by atoms with E-state index >= 15 is 0 Å². The fraction of sp³-hybridized carbons (Fsp3) is 0.357. The minimum atomic E-state index is -4.32. The average Bonchev–Trinajstić information content (AvgIpc) is 2.79. The predicted octanol–water partition coefficient (Wildman–Crippen LogP) is 3.87. The van der Waals surface area contributed by atoms with E-state index in [1.165, 1.54) is 24.5 Å². The van der Waals surface area contributed by atoms with Crippen molar-refractivity contribution in [1.29, 1.82) is 0 Å². The molecule has 2 aromatic rings. The van der Waals surface area contributed by atoms with E-state index in [9.17, 15) is 17.6 Å². The second-order valence-corrected chi connectivity index (χ2v) is 5.37. The fourth-order valence-electron chi connectivity index (χ4n) is 2.08. The van der Waals surface area contributed by atoms with Crippen LogP contribution in [-0.2, 0) is 19.6 Å². The van der Waals surface area contributed by atoms with Gasteiger partial charge in [-0.15, -0.1) is 0 Å². The number of halogens is 5. The average molecular weight is 336 g/mol. The third-order valence-electron chi connectivity index (χ3n) is 3.05. The Morgan fingerprint density at radius 2 is 2.00 bits per heavy atom. The van der Waals surface area contributed by atoms with Gasteiger partial charge in [-0.2, -0.15) is 13.2 Å². The van der Waals surface area contributed by atoms with Gasteiger partial charge >= 0.3 is 6.18 Å². The highest BCUT2D eigenvalue weighted by Crippen LogP contribution is 2.22. The molecule has 0 atom stereocenters. The molecule has 120 valence electrons. The summed E-state index contributed by atoms with van der Waals surface area (Å²) in [5.74, 6) is -0.190. The van der Waals surface area contributed by atoms with Crippen molar-refractivity contribution in [2.45, 2.75) is 25.8 Å². The lowest BCUT2D eigenvalue weighted by molar-refractivity contribution is -0.141. The molecule has 0 radical (unpaired) electrons. The van der Waals surface area contributed by atoms with E-state index in [1.807, 2.05) is 0 Å². The van der Waals surface area contributed by atoms with E-state index in [-0.39, 0.29) is 23.9 Å². The maximum atomic E-state index is 13.7. The highest BCUT2D eigenvalue weighted by Gasteiger charge is 2.29. The van der Waals surface area contributed by atoms with Gasteiger partial charge in [0.25, 0.3) is 0 Å². The summed E-state index contributed by atoms with van der Waals surface area (Å²) in [6.45, 7) is -0.783. The lowest BCUT2D eigenvalue weighted by Gasteiger charge is -2.19. The van der Waals surface area contributed by atoms with Crippen molar-refractivity contribution in [3.63, 3.8) is 0 Å². The third-order valence-corrected chi connectivity index (χ3v) is 3.41. The van der Waals surface area contributed by atoms with E-state index in [0.29, 0.717) is 5.56 Å². The van der Waals surface area contributed by atoms with E-state index in [2.05, 4.69) is 4.98 Å². The molecule has 8 heteroatoms. The number of hydrogen-bond donors (Lipinski definition) is 0. The maximum absolute atomic E-state index is 13.7. The first-order valence-corrected chi connectivity index (χ1v) is 6.82. The van der Waals surface area contributed by atoms with Crippen molar-refractivity contribution < 1.29 is 17.6 Å². The molecule has 0 bridgehead atoms. The molecular formula is C14H14ClF4N3. The lowest BCUT2D eigenvalue weighted by atomic mass is 10.2. The standard InChI is InChI=1S/C14H14ClF4N3/c1-21(7-10-11(15)3-2-4-12(10)16)8-13-20-5-6-22(13)9-14(17,18)19/h2-6H,7-9H2,1H3. The summed E-state index contributed by atoms with van der Waals surface area (Å²) in [5.41, 5.74) is 0.306. The number of nitrogens with zero attached hydrogens (tertiary/aromatic N) is 3. The van der Waals surface area contributed by atoms with Gasteiger partial charge < -0.3 is 4.57 Å². The van der Waals surface area contributed by atoms with Gasteiger partial charge in [-0.05, 0) is 19.2 Å². The van der Waals surface area contributed by atoms with Crippen molar-refractivity contribution >= 4 is 11.6 Å². The van der Waals surface area contributed by atoms with Crippen molar-refractivity contribution in [3.05, 3.63) is 52.8 Å². The van der Waals surface area contributed by atoms with Gasteiger partial charge in [-0.3, -0.25) is 4.90 Å². The summed E-state index contributed by atoms with van der Waals surface area (Å²) in [6, 6.07) is 4.36. The van der Waals surface area contributed by atoms with Crippen LogP contribution in [0, 0.1) is 5.82 Å². The number of imidazole rings is 1. The fourth-order valence-corrected chi connectivity index (χ4v) is 2.30. The van der Waals surface area contributed by atoms with Gasteiger partial charge in [0.2, 0.25) is 0 Å². The van der Waals surface area contributed by atoms with E-state index in [4.69, 9.17) is 11.6 Å². The minimum Gasteiger partial charge on any atom is -0.325 e. The first kappa shape index (κ1) is 16.8. The van der Waals surface area contributed by atoms with Crippen LogP contribution in [0.2, 0.25) is 5.02 Å². The van der Waals surface area contributed by atoms with Gasteiger partial charge in [0, 0.05) is 29.5 Å². The van der Waals surface area contributed by atoms with Gasteiger partial charge in [-0.1, -0.05) is 17.7 Å². The number of hydrogen-bond acceptors (Lipinski definition) is 2. The zero-order chi connectivity index (χ0) is 16.3. The molecular weight excluding hydrogens is 322 g/mol. The molecule has 2 rings (SSSR count). The molecule has 1 aromatic heterocycles. The molecule has 1 aromatic carbocycles. The highest BCUT2D eigenvalue weighted by molar-refractivity contribution is 6.31. The molecule has 0 aliphatic rings. The smallest absolute Gasteiger partial charge is 0.325 e. The molecule has 0 saturated heterocycles. The van der Waals surface area contributed by atoms with Crippen LogP contribution in [0.15, 0.2) is 30.6 Å². The summed E-state index contributed by atoms with van der Waals surface area (Å²) in [4.78, 5) is 5.57. The topological polar surface area (TPSA) is 21.1 Å². The zero-order valence-corrected chi connectivity index (χ0v) is 12.5. The second-order valence-electron chi connectivity index (χ2n) is 4.96. The van der Waals surface area contributed by atoms with Crippen molar-refractivity contribution in [2.24, 2.45) is 0 Å². The highest BCUT2D eigenvalue weighted by atomic mass is 35.5. The molecule has 3 nitrogen and oxygen atoms in total. The summed E-state index contributed by atoms with van der Waals surface area (Å²) >= 11 is 5.94. The molecule has 0 spiro atoms. The SMILES string of the molecule is CN(Cc1c(F)cccc1Cl)Cc1nccn1CC(F)(F)F. The number of alkyl halides is 3. The van der Waals surface area contributed by atoms with E-state index in [1.54, 1.807) is 18.0 Å². The van der Waals surface area contributed by atoms with Crippen LogP contribution >= 0.6 is 11.6 Å². The molecule has 0 N–H and O–H groups in total. The van der Waals surface area contributed by atoms with Crippen LogP contribution in [0.4, 0.5) is 17.6 Å². The summed E-state index contributed by atoms with van der Waals surface area (Å²) in [5, 5.41) is 0.283. The van der Waals surface area contributed by atoms with Crippen molar-refractivity contribution in [3.8, 4) is 0 Å². The van der Waals surface area contributed by atoms with Gasteiger partial charge in [0.15, 0.2) is 0 Å². The van der Waals surface area contributed by atoms with Gasteiger partial charge in [-0.25, -0.2) is 9.37 Å². The van der Waals surface area contributed by atoms with E-state index < -0.39 is 18.5 Å². The van der Waals surface area contributed by atoms with Crippen molar-refractivity contribution in [1.82, 2.24) is 14.5 Å². The normalized spacial score (nSPS) is 12.1. The number of benzene rings is 1. The largest absolute Gasteiger partial charge is 0.406 e. The van der Waals surface area contributed by atoms with Crippen LogP contribution in [0.5, 0.6) is 0 Å². The zero-order valence-electron chi connectivity index (χ0n) is 11.7. The molecule has 0 unspecified atom stereocenters. The molecule has 0 saturated carbocycles. The van der Waals surface area contributed by atoms with Crippen LogP contribution in [0.3, 0.4) is 0 Å². The van der Waals surface area contributed by atoms with Crippen LogP contribution in [-0.4, -0.2) is 27.7 Å². The summed E-state index contributed by atoms with van der Waals surface area (Å²) < 4.78 is 52.1. The molecule has 0 fully saturated rings. The van der Waals surface area contributed by atoms with Crippen LogP contribution < -0.4 is 0 Å². The number of aromatic nitrogens is 2. The van der Waals surface area contributed by atoms with E-state index in [0.717, 1.165) is 4.57 Å². The molecule has 0 aliphatic carbocycles. The second kappa shape index (κ2) is 6.66. The molecule has 0 aliphatic heterocycles. The third kappa shape index (κ3) is 4.45. The quantitative estimate of drug-likeness (QED) is 0.773. The monoisotopic (exact) mass is 335 g/mol. The first-order valence-electron chi connectivity index (χ1n) is 6.44. The number of rotatable bonds is 5. The summed E-state index contributed by atoms with van der Waals surface area (Å²) in [6.07, 6.45) is -1.74. The Labute approximate surface area is 130 Å². The van der Waals surface area contributed by atoms with Gasteiger partial charge in [0.05, 0.1) is 6.54 Å². The lowest BCUT2D eigenvalue weighted by Crippen LogP contribution is -2.24. The maximum Gasteiger partial charge on any atom is 0.406 e. The summed E-state index contributed by atoms with van der Waals surface area (Å²) in [7, 11) is 1.66. The first-order chi connectivity index (χ1) is 10.3. The Bertz CT molecular complexity index is 619. The predicted molar refractivity (Wildman–Crippen MR) is 74.9 cm³/mol. The Kier molecular flexibility index (Phi) is 5.08. The Hall–Kier alpha value is -1.60. The van der Waals surface area contributed by atoms with Gasteiger partial charge in [0.1, 0.15) is 18.2 Å². The van der Waals surface area contributed by atoms with Crippen LogP contribution in [0.1, 0.15) is 11.4 Å². The Morgan fingerprint density at radius 3 is 2.64 bits per heavy atom. The van der Waals surface area contributed by atoms with Crippen molar-refractivity contribution in [2.75, 3.05) is 7.05 Å². The minimum absolute atomic E-state index is 0.147. The Morgan fingerprint density at radius 1 is 1.27 bits per heavy atom.